The average Bonchev–Trinajstić information content (AvgIpc) is 2.93. The first kappa shape index (κ1) is 12.9. The number of hydrogen-bond donors (Lipinski definition) is 1. The number of nitrogens with one attached hydrogen (secondary N) is 1. The molecule has 1 aliphatic heterocycles. The van der Waals surface area contributed by atoms with Crippen LogP contribution in [0.5, 0.6) is 0 Å². The van der Waals surface area contributed by atoms with Gasteiger partial charge in [0.25, 0.3) is 0 Å². The maximum absolute atomic E-state index is 12.0. The van der Waals surface area contributed by atoms with Crippen molar-refractivity contribution in [2.24, 2.45) is 0 Å². The van der Waals surface area contributed by atoms with Gasteiger partial charge in [-0.2, -0.15) is 5.10 Å². The van der Waals surface area contributed by atoms with Gasteiger partial charge in [0, 0.05) is 31.0 Å². The van der Waals surface area contributed by atoms with Gasteiger partial charge in [0.1, 0.15) is 5.82 Å². The Morgan fingerprint density at radius 3 is 2.85 bits per heavy atom. The lowest BCUT2D eigenvalue weighted by molar-refractivity contribution is -0.126. The summed E-state index contributed by atoms with van der Waals surface area (Å²) >= 11 is 5.96. The Balaban J connectivity index is 2.07. The van der Waals surface area contributed by atoms with Gasteiger partial charge in [0.15, 0.2) is 0 Å². The Labute approximate surface area is 120 Å². The lowest BCUT2D eigenvalue weighted by atomic mass is 10.1. The Bertz CT molecular complexity index is 721. The molecule has 7 heteroatoms. The van der Waals surface area contributed by atoms with Gasteiger partial charge in [-0.05, 0) is 18.2 Å². The Morgan fingerprint density at radius 2 is 2.20 bits per heavy atom. The Kier molecular flexibility index (Phi) is 3.10. The van der Waals surface area contributed by atoms with Crippen LogP contribution in [0.3, 0.4) is 0 Å². The molecule has 1 atom stereocenters. The van der Waals surface area contributed by atoms with Gasteiger partial charge in [-0.1, -0.05) is 17.7 Å². The zero-order chi connectivity index (χ0) is 14.3. The van der Waals surface area contributed by atoms with Crippen LogP contribution in [0.2, 0.25) is 5.02 Å². The van der Waals surface area contributed by atoms with E-state index in [2.05, 4.69) is 10.2 Å². The van der Waals surface area contributed by atoms with E-state index in [0.717, 1.165) is 0 Å². The molecule has 0 spiro atoms. The molecule has 1 aliphatic rings. The third-order valence-electron chi connectivity index (χ3n) is 3.47. The molecule has 2 aromatic rings. The summed E-state index contributed by atoms with van der Waals surface area (Å²) in [7, 11) is 1.75. The molecule has 0 radical (unpaired) electrons. The number of amides is 1. The summed E-state index contributed by atoms with van der Waals surface area (Å²) in [5, 5.41) is 7.07. The molecule has 0 bridgehead atoms. The predicted molar refractivity (Wildman–Crippen MR) is 74.2 cm³/mol. The quantitative estimate of drug-likeness (QED) is 0.903. The van der Waals surface area contributed by atoms with E-state index in [1.54, 1.807) is 36.2 Å². The number of aromatic amines is 1. The highest BCUT2D eigenvalue weighted by Crippen LogP contribution is 2.26. The summed E-state index contributed by atoms with van der Waals surface area (Å²) in [5.41, 5.74) is 0.317. The number of nitrogens with zero attached hydrogens (tertiary/aromatic N) is 3. The van der Waals surface area contributed by atoms with Crippen molar-refractivity contribution < 1.29 is 4.79 Å². The van der Waals surface area contributed by atoms with Crippen LogP contribution >= 0.6 is 11.6 Å². The van der Waals surface area contributed by atoms with E-state index in [1.807, 2.05) is 0 Å². The summed E-state index contributed by atoms with van der Waals surface area (Å²) < 4.78 is 1.48. The van der Waals surface area contributed by atoms with Crippen LogP contribution < -0.4 is 5.69 Å². The minimum absolute atomic E-state index is 0.0584. The summed E-state index contributed by atoms with van der Waals surface area (Å²) in [6, 6.07) is 6.99. The van der Waals surface area contributed by atoms with Gasteiger partial charge in [-0.25, -0.2) is 14.5 Å². The molecule has 20 heavy (non-hydrogen) atoms. The van der Waals surface area contributed by atoms with E-state index in [-0.39, 0.29) is 17.5 Å². The van der Waals surface area contributed by atoms with E-state index >= 15 is 0 Å². The summed E-state index contributed by atoms with van der Waals surface area (Å²) in [4.78, 5) is 25.3. The van der Waals surface area contributed by atoms with Crippen LogP contribution in [0, 0.1) is 0 Å². The first-order chi connectivity index (χ1) is 9.56. The predicted octanol–water partition coefficient (Wildman–Crippen LogP) is 1.16. The summed E-state index contributed by atoms with van der Waals surface area (Å²) in [5.74, 6) is 0.531. The van der Waals surface area contributed by atoms with Gasteiger partial charge in [-0.15, -0.1) is 0 Å². The minimum Gasteiger partial charge on any atom is -0.345 e. The molecule has 0 saturated carbocycles. The van der Waals surface area contributed by atoms with Gasteiger partial charge < -0.3 is 4.90 Å². The van der Waals surface area contributed by atoms with Gasteiger partial charge in [0.05, 0.1) is 5.69 Å². The van der Waals surface area contributed by atoms with Crippen molar-refractivity contribution >= 4 is 17.5 Å². The molecule has 3 rings (SSSR count). The van der Waals surface area contributed by atoms with Crippen molar-refractivity contribution in [1.29, 1.82) is 0 Å². The molecule has 1 aromatic carbocycles. The second kappa shape index (κ2) is 4.79. The number of aromatic nitrogens is 3. The van der Waals surface area contributed by atoms with E-state index in [1.165, 1.54) is 4.57 Å². The van der Waals surface area contributed by atoms with E-state index in [4.69, 9.17) is 11.6 Å². The first-order valence-electron chi connectivity index (χ1n) is 6.23. The number of H-pyrrole nitrogens is 1. The number of likely N-dealkylation sites (N-methyl/N-ethyl adjacent to an activating group) is 1. The molecule has 1 N–H and O–H groups in total. The number of likely N-dealkylation sites (tertiary alicyclic amines) is 1. The van der Waals surface area contributed by atoms with Crippen molar-refractivity contribution in [3.63, 3.8) is 0 Å². The smallest absolute Gasteiger partial charge is 0.345 e. The number of carbonyl (C=O) groups is 1. The lowest BCUT2D eigenvalue weighted by Crippen LogP contribution is -2.21. The highest BCUT2D eigenvalue weighted by atomic mass is 35.5. The SMILES string of the molecule is CN1C[C@@H](c2n[nH]c(=O)n2-c2cccc(Cl)c2)CC1=O. The standard InChI is InChI=1S/C13H13ClN4O2/c1-17-7-8(5-11(17)19)12-15-16-13(20)18(12)10-4-2-3-9(14)6-10/h2-4,6,8H,5,7H2,1H3,(H,16,20)/t8-/m0/s1. The zero-order valence-electron chi connectivity index (χ0n) is 10.8. The normalized spacial score (nSPS) is 18.8. The first-order valence-corrected chi connectivity index (χ1v) is 6.61. The average molecular weight is 293 g/mol. The summed E-state index contributed by atoms with van der Waals surface area (Å²) in [6.45, 7) is 0.559. The van der Waals surface area contributed by atoms with Crippen molar-refractivity contribution in [3.8, 4) is 5.69 Å². The van der Waals surface area contributed by atoms with Crippen molar-refractivity contribution in [3.05, 3.63) is 45.6 Å². The molecule has 0 unspecified atom stereocenters. The maximum atomic E-state index is 12.0. The zero-order valence-corrected chi connectivity index (χ0v) is 11.6. The van der Waals surface area contributed by atoms with Gasteiger partial charge >= 0.3 is 5.69 Å². The third-order valence-corrected chi connectivity index (χ3v) is 3.71. The fraction of sp³-hybridized carbons (Fsp3) is 0.308. The van der Waals surface area contributed by atoms with Crippen LogP contribution in [0.15, 0.2) is 29.1 Å². The van der Waals surface area contributed by atoms with Crippen LogP contribution in [0.4, 0.5) is 0 Å². The molecule has 1 saturated heterocycles. The molecule has 0 aliphatic carbocycles. The number of hydrogen-bond acceptors (Lipinski definition) is 3. The second-order valence-electron chi connectivity index (χ2n) is 4.88. The van der Waals surface area contributed by atoms with Crippen molar-refractivity contribution in [2.75, 3.05) is 13.6 Å². The maximum Gasteiger partial charge on any atom is 0.347 e. The molecule has 104 valence electrons. The fourth-order valence-electron chi connectivity index (χ4n) is 2.48. The highest BCUT2D eigenvalue weighted by Gasteiger charge is 2.32. The number of carbonyl (C=O) groups excluding carboxylic acids is 1. The summed E-state index contributed by atoms with van der Waals surface area (Å²) in [6.07, 6.45) is 0.362. The molecule has 1 amide bonds. The van der Waals surface area contributed by atoms with Crippen LogP contribution in [0.25, 0.3) is 5.69 Å². The van der Waals surface area contributed by atoms with Crippen LogP contribution in [0.1, 0.15) is 18.2 Å². The molecular formula is C13H13ClN4O2. The van der Waals surface area contributed by atoms with Crippen LogP contribution in [-0.2, 0) is 4.79 Å². The Hall–Kier alpha value is -2.08. The molecular weight excluding hydrogens is 280 g/mol. The largest absolute Gasteiger partial charge is 0.347 e. The second-order valence-corrected chi connectivity index (χ2v) is 5.31. The number of rotatable bonds is 2. The monoisotopic (exact) mass is 292 g/mol. The molecule has 1 aromatic heterocycles. The lowest BCUT2D eigenvalue weighted by Gasteiger charge is -2.11. The topological polar surface area (TPSA) is 71.0 Å². The van der Waals surface area contributed by atoms with Crippen LogP contribution in [-0.4, -0.2) is 39.2 Å². The van der Waals surface area contributed by atoms with Gasteiger partial charge in [-0.3, -0.25) is 4.79 Å². The van der Waals surface area contributed by atoms with Crippen molar-refractivity contribution in [2.45, 2.75) is 12.3 Å². The number of benzene rings is 1. The van der Waals surface area contributed by atoms with E-state index < -0.39 is 0 Å². The molecule has 2 heterocycles. The fourth-order valence-corrected chi connectivity index (χ4v) is 2.67. The number of halogens is 1. The highest BCUT2D eigenvalue weighted by molar-refractivity contribution is 6.30. The third kappa shape index (κ3) is 2.12. The van der Waals surface area contributed by atoms with E-state index in [0.29, 0.717) is 29.5 Å². The molecule has 1 fully saturated rings. The molecule has 6 nitrogen and oxygen atoms in total. The Morgan fingerprint density at radius 1 is 1.40 bits per heavy atom. The van der Waals surface area contributed by atoms with Gasteiger partial charge in [0.2, 0.25) is 5.91 Å². The minimum atomic E-state index is -0.329. The van der Waals surface area contributed by atoms with E-state index in [9.17, 15) is 9.59 Å². The van der Waals surface area contributed by atoms with Crippen molar-refractivity contribution in [1.82, 2.24) is 19.7 Å².